The van der Waals surface area contributed by atoms with Crippen LogP contribution >= 0.6 is 11.6 Å². The quantitative estimate of drug-likeness (QED) is 0.811. The Morgan fingerprint density at radius 1 is 1.28 bits per heavy atom. The fourth-order valence-electron chi connectivity index (χ4n) is 2.18. The second kappa shape index (κ2) is 7.36. The zero-order valence-corrected chi connectivity index (χ0v) is 14.9. The molecular formula is C15H16ClF3N2O3S. The first-order valence-corrected chi connectivity index (χ1v) is 8.94. The van der Waals surface area contributed by atoms with Gasteiger partial charge in [0.2, 0.25) is 10.0 Å². The normalized spacial score (nSPS) is 14.0. The summed E-state index contributed by atoms with van der Waals surface area (Å²) in [6.45, 7) is -0.0766. The van der Waals surface area contributed by atoms with E-state index in [1.807, 2.05) is 0 Å². The van der Waals surface area contributed by atoms with E-state index in [9.17, 15) is 21.6 Å². The van der Waals surface area contributed by atoms with Crippen molar-refractivity contribution < 1.29 is 26.0 Å². The Morgan fingerprint density at radius 3 is 2.48 bits per heavy atom. The van der Waals surface area contributed by atoms with Crippen LogP contribution in [-0.2, 0) is 16.2 Å². The van der Waals surface area contributed by atoms with Gasteiger partial charge in [-0.15, -0.1) is 0 Å². The van der Waals surface area contributed by atoms with Crippen LogP contribution in [-0.4, -0.2) is 34.0 Å². The Hall–Kier alpha value is -1.55. The molecule has 25 heavy (non-hydrogen) atoms. The monoisotopic (exact) mass is 396 g/mol. The van der Waals surface area contributed by atoms with Gasteiger partial charge in [-0.2, -0.15) is 13.2 Å². The number of furan rings is 1. The summed E-state index contributed by atoms with van der Waals surface area (Å²) < 4.78 is 71.0. The molecule has 138 valence electrons. The minimum Gasteiger partial charge on any atom is -0.468 e. The number of alkyl halides is 3. The summed E-state index contributed by atoms with van der Waals surface area (Å²) in [5.74, 6) is 0.528. The van der Waals surface area contributed by atoms with Crippen molar-refractivity contribution in [3.05, 3.63) is 52.9 Å². The van der Waals surface area contributed by atoms with E-state index in [2.05, 4.69) is 4.72 Å². The molecule has 1 aromatic carbocycles. The fraction of sp³-hybridized carbons (Fsp3) is 0.333. The van der Waals surface area contributed by atoms with Gasteiger partial charge >= 0.3 is 6.18 Å². The van der Waals surface area contributed by atoms with Crippen molar-refractivity contribution in [2.24, 2.45) is 0 Å². The molecule has 0 aliphatic heterocycles. The minimum atomic E-state index is -4.75. The van der Waals surface area contributed by atoms with Crippen molar-refractivity contribution in [1.29, 1.82) is 0 Å². The van der Waals surface area contributed by atoms with Crippen molar-refractivity contribution in [3.63, 3.8) is 0 Å². The maximum Gasteiger partial charge on any atom is 0.417 e. The zero-order valence-electron chi connectivity index (χ0n) is 13.3. The molecule has 1 atom stereocenters. The third-order valence-corrected chi connectivity index (χ3v) is 5.27. The summed E-state index contributed by atoms with van der Waals surface area (Å²) >= 11 is 5.51. The molecule has 0 radical (unpaired) electrons. The predicted molar refractivity (Wildman–Crippen MR) is 86.8 cm³/mol. The highest BCUT2D eigenvalue weighted by Gasteiger charge is 2.34. The van der Waals surface area contributed by atoms with E-state index < -0.39 is 37.7 Å². The lowest BCUT2D eigenvalue weighted by Gasteiger charge is -2.22. The number of likely N-dealkylation sites (N-methyl/N-ethyl adjacent to an activating group) is 1. The number of halogens is 4. The summed E-state index contributed by atoms with van der Waals surface area (Å²) in [7, 11) is -0.701. The Kier molecular flexibility index (Phi) is 5.82. The van der Waals surface area contributed by atoms with Crippen molar-refractivity contribution in [2.45, 2.75) is 17.1 Å². The smallest absolute Gasteiger partial charge is 0.417 e. The second-order valence-corrected chi connectivity index (χ2v) is 7.66. The van der Waals surface area contributed by atoms with Gasteiger partial charge < -0.3 is 4.42 Å². The van der Waals surface area contributed by atoms with Crippen LogP contribution in [0.3, 0.4) is 0 Å². The molecule has 1 aromatic heterocycles. The van der Waals surface area contributed by atoms with Crippen LogP contribution in [0.1, 0.15) is 17.4 Å². The maximum atomic E-state index is 12.9. The number of rotatable bonds is 6. The van der Waals surface area contributed by atoms with Gasteiger partial charge in [0.1, 0.15) is 5.76 Å². The lowest BCUT2D eigenvalue weighted by Crippen LogP contribution is -2.34. The largest absolute Gasteiger partial charge is 0.468 e. The van der Waals surface area contributed by atoms with Crippen LogP contribution in [0, 0.1) is 0 Å². The first kappa shape index (κ1) is 19.8. The highest BCUT2D eigenvalue weighted by atomic mass is 35.5. The van der Waals surface area contributed by atoms with E-state index in [1.54, 1.807) is 31.1 Å². The Morgan fingerprint density at radius 2 is 1.96 bits per heavy atom. The summed E-state index contributed by atoms with van der Waals surface area (Å²) in [5, 5.41) is -0.562. The Bertz CT molecular complexity index is 821. The molecule has 0 saturated heterocycles. The zero-order chi connectivity index (χ0) is 18.8. The SMILES string of the molecule is CN(C)[C@H](CNS(=O)(=O)c1ccc(Cl)c(C(F)(F)F)c1)c1ccco1. The number of nitrogens with zero attached hydrogens (tertiary/aromatic N) is 1. The molecule has 10 heteroatoms. The molecule has 0 spiro atoms. The standard InChI is InChI=1S/C15H16ClF3N2O3S/c1-21(2)13(14-4-3-7-24-14)9-20-25(22,23)10-5-6-12(16)11(8-10)15(17,18)19/h3-8,13,20H,9H2,1-2H3/t13-/m1/s1. The number of sulfonamides is 1. The van der Waals surface area contributed by atoms with E-state index in [-0.39, 0.29) is 6.54 Å². The molecule has 2 aromatic rings. The average molecular weight is 397 g/mol. The molecule has 1 N–H and O–H groups in total. The Balaban J connectivity index is 2.25. The molecule has 0 bridgehead atoms. The van der Waals surface area contributed by atoms with E-state index in [0.29, 0.717) is 11.8 Å². The number of hydrogen-bond donors (Lipinski definition) is 1. The van der Waals surface area contributed by atoms with Gasteiger partial charge in [0.15, 0.2) is 0 Å². The van der Waals surface area contributed by atoms with E-state index in [0.717, 1.165) is 12.1 Å². The molecule has 0 fully saturated rings. The van der Waals surface area contributed by atoms with Gasteiger partial charge in [-0.3, -0.25) is 4.90 Å². The van der Waals surface area contributed by atoms with Gasteiger partial charge in [0.25, 0.3) is 0 Å². The van der Waals surface area contributed by atoms with Gasteiger partial charge in [-0.25, -0.2) is 13.1 Å². The number of nitrogens with one attached hydrogen (secondary N) is 1. The van der Waals surface area contributed by atoms with Crippen LogP contribution in [0.25, 0.3) is 0 Å². The van der Waals surface area contributed by atoms with E-state index in [1.165, 1.54) is 6.26 Å². The minimum absolute atomic E-state index is 0.0766. The summed E-state index contributed by atoms with van der Waals surface area (Å²) in [6, 6.07) is 5.38. The van der Waals surface area contributed by atoms with Crippen molar-refractivity contribution >= 4 is 21.6 Å². The molecule has 1 heterocycles. The molecular weight excluding hydrogens is 381 g/mol. The molecule has 2 rings (SSSR count). The van der Waals surface area contributed by atoms with Crippen LogP contribution in [0.4, 0.5) is 13.2 Å². The summed E-state index contributed by atoms with van der Waals surface area (Å²) in [4.78, 5) is 1.21. The van der Waals surface area contributed by atoms with Crippen LogP contribution < -0.4 is 4.72 Å². The maximum absolute atomic E-state index is 12.9. The van der Waals surface area contributed by atoms with Crippen LogP contribution in [0.5, 0.6) is 0 Å². The third kappa shape index (κ3) is 4.75. The molecule has 0 amide bonds. The number of hydrogen-bond acceptors (Lipinski definition) is 4. The first-order chi connectivity index (χ1) is 11.5. The van der Waals surface area contributed by atoms with Gasteiger partial charge in [-0.05, 0) is 44.4 Å². The van der Waals surface area contributed by atoms with E-state index >= 15 is 0 Å². The summed E-state index contributed by atoms with van der Waals surface area (Å²) in [6.07, 6.45) is -3.29. The highest BCUT2D eigenvalue weighted by Crippen LogP contribution is 2.35. The lowest BCUT2D eigenvalue weighted by molar-refractivity contribution is -0.137. The van der Waals surface area contributed by atoms with Crippen molar-refractivity contribution in [2.75, 3.05) is 20.6 Å². The first-order valence-electron chi connectivity index (χ1n) is 7.08. The highest BCUT2D eigenvalue weighted by molar-refractivity contribution is 7.89. The Labute approximate surface area is 148 Å². The van der Waals surface area contributed by atoms with Gasteiger partial charge in [-0.1, -0.05) is 11.6 Å². The predicted octanol–water partition coefficient (Wildman–Crippen LogP) is 3.53. The van der Waals surface area contributed by atoms with Crippen molar-refractivity contribution in [3.8, 4) is 0 Å². The number of benzene rings is 1. The second-order valence-electron chi connectivity index (χ2n) is 5.49. The van der Waals surface area contributed by atoms with E-state index in [4.69, 9.17) is 16.0 Å². The molecule has 5 nitrogen and oxygen atoms in total. The lowest BCUT2D eigenvalue weighted by atomic mass is 10.2. The fourth-order valence-corrected chi connectivity index (χ4v) is 3.47. The topological polar surface area (TPSA) is 62.6 Å². The average Bonchev–Trinajstić information content (AvgIpc) is 3.00. The molecule has 0 unspecified atom stereocenters. The molecule has 0 aliphatic carbocycles. The van der Waals surface area contributed by atoms with Crippen molar-refractivity contribution in [1.82, 2.24) is 9.62 Å². The third-order valence-electron chi connectivity index (χ3n) is 3.52. The molecule has 0 aliphatic rings. The summed E-state index contributed by atoms with van der Waals surface area (Å²) in [5.41, 5.74) is -1.20. The van der Waals surface area contributed by atoms with Gasteiger partial charge in [0.05, 0.1) is 27.8 Å². The van der Waals surface area contributed by atoms with Crippen LogP contribution in [0.2, 0.25) is 5.02 Å². The van der Waals surface area contributed by atoms with Crippen LogP contribution in [0.15, 0.2) is 45.9 Å². The van der Waals surface area contributed by atoms with Gasteiger partial charge in [0, 0.05) is 6.54 Å². The molecule has 0 saturated carbocycles.